The lowest BCUT2D eigenvalue weighted by Gasteiger charge is -2.26. The maximum absolute atomic E-state index is 11.5. The highest BCUT2D eigenvalue weighted by Crippen LogP contribution is 2.21. The molecular formula is C13H16ClNO. The molecule has 1 rings (SSSR count). The fourth-order valence-electron chi connectivity index (χ4n) is 1.47. The van der Waals surface area contributed by atoms with Crippen LogP contribution in [0.5, 0.6) is 0 Å². The lowest BCUT2D eigenvalue weighted by Crippen LogP contribution is -2.40. The molecule has 1 aromatic carbocycles. The number of hydrogen-bond donors (Lipinski definition) is 1. The molecule has 3 heteroatoms. The van der Waals surface area contributed by atoms with Crippen LogP contribution in [0.15, 0.2) is 36.9 Å². The van der Waals surface area contributed by atoms with Gasteiger partial charge in [0.15, 0.2) is 0 Å². The van der Waals surface area contributed by atoms with E-state index in [0.717, 1.165) is 5.56 Å². The number of nitrogens with one attached hydrogen (secondary N) is 1. The molecule has 0 aliphatic carbocycles. The molecule has 2 nitrogen and oxygen atoms in total. The van der Waals surface area contributed by atoms with Crippen molar-refractivity contribution in [1.29, 1.82) is 0 Å². The number of rotatable bonds is 4. The van der Waals surface area contributed by atoms with Gasteiger partial charge in [0, 0.05) is 11.4 Å². The van der Waals surface area contributed by atoms with Gasteiger partial charge in [0.25, 0.3) is 0 Å². The van der Waals surface area contributed by atoms with Crippen LogP contribution in [-0.4, -0.2) is 5.91 Å². The third kappa shape index (κ3) is 3.38. The summed E-state index contributed by atoms with van der Waals surface area (Å²) in [5.74, 6) is -0.0325. The van der Waals surface area contributed by atoms with Crippen LogP contribution in [-0.2, 0) is 10.3 Å². The Morgan fingerprint density at radius 2 is 2.00 bits per heavy atom. The van der Waals surface area contributed by atoms with Crippen molar-refractivity contribution in [3.05, 3.63) is 47.5 Å². The van der Waals surface area contributed by atoms with E-state index < -0.39 is 5.54 Å². The SMILES string of the molecule is C=CCC(=O)NC(C)(C)c1ccc(Cl)cc1. The lowest BCUT2D eigenvalue weighted by atomic mass is 9.94. The van der Waals surface area contributed by atoms with Crippen molar-refractivity contribution in [3.8, 4) is 0 Å². The number of hydrogen-bond acceptors (Lipinski definition) is 1. The summed E-state index contributed by atoms with van der Waals surface area (Å²) in [7, 11) is 0. The first kappa shape index (κ1) is 12.8. The maximum atomic E-state index is 11.5. The summed E-state index contributed by atoms with van der Waals surface area (Å²) >= 11 is 5.82. The van der Waals surface area contributed by atoms with E-state index in [9.17, 15) is 4.79 Å². The summed E-state index contributed by atoms with van der Waals surface area (Å²) in [5, 5.41) is 3.63. The minimum Gasteiger partial charge on any atom is -0.347 e. The van der Waals surface area contributed by atoms with E-state index in [1.165, 1.54) is 0 Å². The normalized spacial score (nSPS) is 10.9. The topological polar surface area (TPSA) is 29.1 Å². The molecule has 0 bridgehead atoms. The molecular weight excluding hydrogens is 222 g/mol. The Bertz CT molecular complexity index is 381. The van der Waals surface area contributed by atoms with Crippen molar-refractivity contribution in [2.24, 2.45) is 0 Å². The predicted octanol–water partition coefficient (Wildman–Crippen LogP) is 3.27. The fourth-order valence-corrected chi connectivity index (χ4v) is 1.60. The summed E-state index contributed by atoms with van der Waals surface area (Å²) < 4.78 is 0. The lowest BCUT2D eigenvalue weighted by molar-refractivity contribution is -0.121. The van der Waals surface area contributed by atoms with Crippen LogP contribution in [0.4, 0.5) is 0 Å². The van der Waals surface area contributed by atoms with Gasteiger partial charge in [-0.1, -0.05) is 29.8 Å². The molecule has 0 saturated heterocycles. The summed E-state index contributed by atoms with van der Waals surface area (Å²) in [6, 6.07) is 7.46. The first-order valence-corrected chi connectivity index (χ1v) is 5.51. The second-order valence-corrected chi connectivity index (χ2v) is 4.61. The molecule has 0 spiro atoms. The zero-order valence-corrected chi connectivity index (χ0v) is 10.3. The van der Waals surface area contributed by atoms with Crippen LogP contribution in [0.25, 0.3) is 0 Å². The molecule has 0 unspecified atom stereocenters. The molecule has 0 aliphatic rings. The summed E-state index contributed by atoms with van der Waals surface area (Å²) in [6.45, 7) is 7.45. The van der Waals surface area contributed by atoms with Crippen molar-refractivity contribution in [2.45, 2.75) is 25.8 Å². The molecule has 16 heavy (non-hydrogen) atoms. The summed E-state index contributed by atoms with van der Waals surface area (Å²) in [6.07, 6.45) is 1.92. The number of carbonyl (C=O) groups excluding carboxylic acids is 1. The first-order valence-electron chi connectivity index (χ1n) is 5.13. The van der Waals surface area contributed by atoms with Crippen LogP contribution in [0.2, 0.25) is 5.02 Å². The smallest absolute Gasteiger partial charge is 0.224 e. The third-order valence-corrected chi connectivity index (χ3v) is 2.60. The first-order chi connectivity index (χ1) is 7.45. The average Bonchev–Trinajstić information content (AvgIpc) is 2.17. The maximum Gasteiger partial charge on any atom is 0.224 e. The summed E-state index contributed by atoms with van der Waals surface area (Å²) in [4.78, 5) is 11.5. The van der Waals surface area contributed by atoms with Crippen molar-refractivity contribution in [2.75, 3.05) is 0 Å². The molecule has 86 valence electrons. The largest absolute Gasteiger partial charge is 0.347 e. The van der Waals surface area contributed by atoms with Crippen LogP contribution in [0.3, 0.4) is 0 Å². The predicted molar refractivity (Wildman–Crippen MR) is 67.4 cm³/mol. The molecule has 0 aromatic heterocycles. The molecule has 1 aromatic rings. The van der Waals surface area contributed by atoms with Crippen LogP contribution in [0, 0.1) is 0 Å². The van der Waals surface area contributed by atoms with Gasteiger partial charge in [-0.2, -0.15) is 0 Å². The monoisotopic (exact) mass is 237 g/mol. The fraction of sp³-hybridized carbons (Fsp3) is 0.308. The van der Waals surface area contributed by atoms with Gasteiger partial charge in [-0.15, -0.1) is 6.58 Å². The van der Waals surface area contributed by atoms with Gasteiger partial charge in [-0.05, 0) is 31.5 Å². The Labute approximate surface area is 101 Å². The number of benzene rings is 1. The zero-order chi connectivity index (χ0) is 12.2. The standard InChI is InChI=1S/C13H16ClNO/c1-4-5-12(16)15-13(2,3)10-6-8-11(14)9-7-10/h4,6-9H,1,5H2,2-3H3,(H,15,16). The number of halogens is 1. The van der Waals surface area contributed by atoms with Gasteiger partial charge in [0.2, 0.25) is 5.91 Å². The van der Waals surface area contributed by atoms with Crippen molar-refractivity contribution >= 4 is 17.5 Å². The zero-order valence-electron chi connectivity index (χ0n) is 9.59. The Morgan fingerprint density at radius 1 is 1.44 bits per heavy atom. The summed E-state index contributed by atoms with van der Waals surface area (Å²) in [5.41, 5.74) is 0.624. The molecule has 0 atom stereocenters. The van der Waals surface area contributed by atoms with Gasteiger partial charge in [0.1, 0.15) is 0 Å². The second kappa shape index (κ2) is 5.17. The van der Waals surface area contributed by atoms with Gasteiger partial charge < -0.3 is 5.32 Å². The minimum atomic E-state index is -0.398. The number of carbonyl (C=O) groups is 1. The van der Waals surface area contributed by atoms with E-state index in [1.54, 1.807) is 6.08 Å². The van der Waals surface area contributed by atoms with Crippen molar-refractivity contribution in [1.82, 2.24) is 5.32 Å². The van der Waals surface area contributed by atoms with Crippen LogP contribution in [0.1, 0.15) is 25.8 Å². The molecule has 0 radical (unpaired) electrons. The van der Waals surface area contributed by atoms with E-state index in [1.807, 2.05) is 38.1 Å². The Kier molecular flexibility index (Phi) is 4.13. The van der Waals surface area contributed by atoms with Crippen LogP contribution >= 0.6 is 11.6 Å². The molecule has 1 N–H and O–H groups in total. The van der Waals surface area contributed by atoms with Crippen molar-refractivity contribution in [3.63, 3.8) is 0 Å². The van der Waals surface area contributed by atoms with E-state index in [2.05, 4.69) is 11.9 Å². The number of amides is 1. The highest BCUT2D eigenvalue weighted by atomic mass is 35.5. The Hall–Kier alpha value is -1.28. The van der Waals surface area contributed by atoms with E-state index in [4.69, 9.17) is 11.6 Å². The third-order valence-electron chi connectivity index (χ3n) is 2.35. The second-order valence-electron chi connectivity index (χ2n) is 4.17. The van der Waals surface area contributed by atoms with E-state index in [0.29, 0.717) is 11.4 Å². The minimum absolute atomic E-state index is 0.0325. The molecule has 0 saturated carbocycles. The molecule has 0 fully saturated rings. The Morgan fingerprint density at radius 3 is 2.50 bits per heavy atom. The van der Waals surface area contributed by atoms with E-state index >= 15 is 0 Å². The van der Waals surface area contributed by atoms with Gasteiger partial charge in [0.05, 0.1) is 5.54 Å². The van der Waals surface area contributed by atoms with Gasteiger partial charge in [-0.3, -0.25) is 4.79 Å². The molecule has 1 amide bonds. The van der Waals surface area contributed by atoms with Gasteiger partial charge >= 0.3 is 0 Å². The average molecular weight is 238 g/mol. The van der Waals surface area contributed by atoms with Crippen molar-refractivity contribution < 1.29 is 4.79 Å². The van der Waals surface area contributed by atoms with Crippen LogP contribution < -0.4 is 5.32 Å². The van der Waals surface area contributed by atoms with Gasteiger partial charge in [-0.25, -0.2) is 0 Å². The Balaban J connectivity index is 2.80. The molecule has 0 heterocycles. The quantitative estimate of drug-likeness (QED) is 0.801. The molecule has 0 aliphatic heterocycles. The highest BCUT2D eigenvalue weighted by molar-refractivity contribution is 6.30. The van der Waals surface area contributed by atoms with E-state index in [-0.39, 0.29) is 5.91 Å². The highest BCUT2D eigenvalue weighted by Gasteiger charge is 2.21.